The van der Waals surface area contributed by atoms with Crippen LogP contribution in [-0.4, -0.2) is 25.2 Å². The number of esters is 2. The summed E-state index contributed by atoms with van der Waals surface area (Å²) in [6.45, 7) is 4.06. The third kappa shape index (κ3) is 5.76. The van der Waals surface area contributed by atoms with E-state index in [4.69, 9.17) is 9.47 Å². The zero-order valence-corrected chi connectivity index (χ0v) is 12.7. The third-order valence-corrected chi connectivity index (χ3v) is 3.53. The summed E-state index contributed by atoms with van der Waals surface area (Å²) in [4.78, 5) is 23.6. The zero-order chi connectivity index (χ0) is 14.8. The highest BCUT2D eigenvalue weighted by Crippen LogP contribution is 2.24. The minimum atomic E-state index is -0.782. The number of carbonyl (C=O) groups is 2. The smallest absolute Gasteiger partial charge is 0.320 e. The first-order valence-electron chi connectivity index (χ1n) is 7.70. The van der Waals surface area contributed by atoms with Crippen LogP contribution in [-0.2, 0) is 19.1 Å². The van der Waals surface area contributed by atoms with E-state index >= 15 is 0 Å². The van der Waals surface area contributed by atoms with Crippen LogP contribution in [0.4, 0.5) is 0 Å². The van der Waals surface area contributed by atoms with E-state index in [2.05, 4.69) is 6.08 Å². The fraction of sp³-hybridized carbons (Fsp3) is 0.750. The van der Waals surface area contributed by atoms with Gasteiger partial charge in [-0.25, -0.2) is 0 Å². The summed E-state index contributed by atoms with van der Waals surface area (Å²) in [5, 5.41) is 0. The quantitative estimate of drug-likeness (QED) is 0.408. The van der Waals surface area contributed by atoms with E-state index in [0.29, 0.717) is 6.42 Å². The van der Waals surface area contributed by atoms with Gasteiger partial charge in [-0.1, -0.05) is 18.1 Å². The summed E-state index contributed by atoms with van der Waals surface area (Å²) in [6, 6.07) is 0. The molecule has 1 saturated carbocycles. The van der Waals surface area contributed by atoms with Crippen molar-refractivity contribution in [3.8, 4) is 0 Å². The van der Waals surface area contributed by atoms with Crippen molar-refractivity contribution in [2.24, 2.45) is 5.92 Å². The van der Waals surface area contributed by atoms with Crippen LogP contribution >= 0.6 is 0 Å². The first-order chi connectivity index (χ1) is 9.69. The fourth-order valence-electron chi connectivity index (χ4n) is 2.48. The van der Waals surface area contributed by atoms with E-state index in [0.717, 1.165) is 19.3 Å². The number of allylic oxidation sites excluding steroid dienone is 2. The molecule has 4 nitrogen and oxygen atoms in total. The van der Waals surface area contributed by atoms with Crippen LogP contribution in [0.3, 0.4) is 0 Å². The Labute approximate surface area is 121 Å². The van der Waals surface area contributed by atoms with Crippen molar-refractivity contribution >= 4 is 11.9 Å². The van der Waals surface area contributed by atoms with Gasteiger partial charge >= 0.3 is 11.9 Å². The largest absolute Gasteiger partial charge is 0.465 e. The molecule has 20 heavy (non-hydrogen) atoms. The average molecular weight is 282 g/mol. The van der Waals surface area contributed by atoms with Gasteiger partial charge in [-0.05, 0) is 52.4 Å². The summed E-state index contributed by atoms with van der Waals surface area (Å²) in [7, 11) is 0. The average Bonchev–Trinajstić information content (AvgIpc) is 2.45. The summed E-state index contributed by atoms with van der Waals surface area (Å²) < 4.78 is 9.91. The molecule has 1 aliphatic carbocycles. The lowest BCUT2D eigenvalue weighted by Gasteiger charge is -2.15. The molecule has 0 radical (unpaired) electrons. The Kier molecular flexibility index (Phi) is 8.00. The molecule has 1 rings (SSSR count). The molecule has 0 aromatic rings. The molecule has 114 valence electrons. The molecule has 0 N–H and O–H groups in total. The van der Waals surface area contributed by atoms with Crippen molar-refractivity contribution in [1.29, 1.82) is 0 Å². The van der Waals surface area contributed by atoms with E-state index in [9.17, 15) is 9.59 Å². The maximum absolute atomic E-state index is 11.8. The highest BCUT2D eigenvalue weighted by Gasteiger charge is 2.28. The standard InChI is InChI=1S/C16H26O4/c1-3-19-15(17)14(16(18)20-4-2)12-8-11-13-9-6-5-7-10-13/h11,14H,3-10,12H2,1-2H3. The Bertz CT molecular complexity index is 320. The van der Waals surface area contributed by atoms with Crippen LogP contribution in [0, 0.1) is 5.92 Å². The van der Waals surface area contributed by atoms with Crippen LogP contribution < -0.4 is 0 Å². The van der Waals surface area contributed by atoms with Crippen LogP contribution in [0.15, 0.2) is 11.6 Å². The van der Waals surface area contributed by atoms with E-state index in [1.54, 1.807) is 13.8 Å². The molecule has 0 bridgehead atoms. The molecule has 0 heterocycles. The molecule has 0 saturated heterocycles. The van der Waals surface area contributed by atoms with Gasteiger partial charge in [0, 0.05) is 0 Å². The van der Waals surface area contributed by atoms with Crippen LogP contribution in [0.5, 0.6) is 0 Å². The van der Waals surface area contributed by atoms with Crippen LogP contribution in [0.1, 0.15) is 58.8 Å². The molecular weight excluding hydrogens is 256 g/mol. The van der Waals surface area contributed by atoms with Crippen molar-refractivity contribution in [2.45, 2.75) is 58.8 Å². The third-order valence-electron chi connectivity index (χ3n) is 3.53. The van der Waals surface area contributed by atoms with E-state index in [1.165, 1.54) is 24.8 Å². The Morgan fingerprint density at radius 3 is 2.10 bits per heavy atom. The van der Waals surface area contributed by atoms with Crippen molar-refractivity contribution in [1.82, 2.24) is 0 Å². The summed E-state index contributed by atoms with van der Waals surface area (Å²) in [6.07, 6.45) is 9.53. The SMILES string of the molecule is CCOC(=O)C(CCC=C1CCCCC1)C(=O)OCC. The van der Waals surface area contributed by atoms with Gasteiger partial charge in [0.25, 0.3) is 0 Å². The first-order valence-corrected chi connectivity index (χ1v) is 7.70. The lowest BCUT2D eigenvalue weighted by molar-refractivity contribution is -0.161. The summed E-state index contributed by atoms with van der Waals surface area (Å²) in [5.74, 6) is -1.71. The number of hydrogen-bond acceptors (Lipinski definition) is 4. The molecule has 0 amide bonds. The summed E-state index contributed by atoms with van der Waals surface area (Å²) >= 11 is 0. The van der Waals surface area contributed by atoms with Gasteiger partial charge in [-0.3, -0.25) is 9.59 Å². The lowest BCUT2D eigenvalue weighted by atomic mass is 9.93. The Morgan fingerprint density at radius 2 is 1.60 bits per heavy atom. The van der Waals surface area contributed by atoms with Crippen molar-refractivity contribution in [3.63, 3.8) is 0 Å². The summed E-state index contributed by atoms with van der Waals surface area (Å²) in [5.41, 5.74) is 1.46. The highest BCUT2D eigenvalue weighted by molar-refractivity contribution is 5.94. The maximum Gasteiger partial charge on any atom is 0.320 e. The second-order valence-corrected chi connectivity index (χ2v) is 5.06. The highest BCUT2D eigenvalue weighted by atomic mass is 16.6. The molecule has 0 aliphatic heterocycles. The minimum absolute atomic E-state index is 0.288. The molecule has 0 spiro atoms. The van der Waals surface area contributed by atoms with Crippen molar-refractivity contribution < 1.29 is 19.1 Å². The molecule has 1 aliphatic rings. The van der Waals surface area contributed by atoms with Crippen LogP contribution in [0.25, 0.3) is 0 Å². The Morgan fingerprint density at radius 1 is 1.05 bits per heavy atom. The fourth-order valence-corrected chi connectivity index (χ4v) is 2.48. The zero-order valence-electron chi connectivity index (χ0n) is 12.7. The van der Waals surface area contributed by atoms with E-state index in [1.807, 2.05) is 0 Å². The minimum Gasteiger partial charge on any atom is -0.465 e. The molecule has 0 aromatic carbocycles. The van der Waals surface area contributed by atoms with Crippen LogP contribution in [0.2, 0.25) is 0 Å². The molecule has 4 heteroatoms. The van der Waals surface area contributed by atoms with E-state index < -0.39 is 17.9 Å². The molecule has 0 unspecified atom stereocenters. The monoisotopic (exact) mass is 282 g/mol. The van der Waals surface area contributed by atoms with Gasteiger partial charge in [0.2, 0.25) is 0 Å². The topological polar surface area (TPSA) is 52.6 Å². The Balaban J connectivity index is 2.50. The molecular formula is C16H26O4. The lowest BCUT2D eigenvalue weighted by Crippen LogP contribution is -2.28. The van der Waals surface area contributed by atoms with Crippen molar-refractivity contribution in [2.75, 3.05) is 13.2 Å². The van der Waals surface area contributed by atoms with Gasteiger partial charge in [0.1, 0.15) is 0 Å². The van der Waals surface area contributed by atoms with Crippen molar-refractivity contribution in [3.05, 3.63) is 11.6 Å². The molecule has 0 aromatic heterocycles. The second kappa shape index (κ2) is 9.56. The molecule has 0 atom stereocenters. The number of hydrogen-bond donors (Lipinski definition) is 0. The van der Waals surface area contributed by atoms with Gasteiger partial charge in [0.15, 0.2) is 5.92 Å². The van der Waals surface area contributed by atoms with E-state index in [-0.39, 0.29) is 13.2 Å². The van der Waals surface area contributed by atoms with Gasteiger partial charge in [0.05, 0.1) is 13.2 Å². The normalized spacial score (nSPS) is 15.1. The predicted molar refractivity (Wildman–Crippen MR) is 77.2 cm³/mol. The molecule has 1 fully saturated rings. The predicted octanol–water partition coefficient (Wildman–Crippen LogP) is 3.40. The maximum atomic E-state index is 11.8. The van der Waals surface area contributed by atoms with Gasteiger partial charge in [-0.2, -0.15) is 0 Å². The van der Waals surface area contributed by atoms with Gasteiger partial charge in [-0.15, -0.1) is 0 Å². The number of rotatable bonds is 7. The Hall–Kier alpha value is -1.32. The second-order valence-electron chi connectivity index (χ2n) is 5.06. The number of ether oxygens (including phenoxy) is 2. The first kappa shape index (κ1) is 16.7. The van der Waals surface area contributed by atoms with Gasteiger partial charge < -0.3 is 9.47 Å². The number of carbonyl (C=O) groups excluding carboxylic acids is 2.